The highest BCUT2D eigenvalue weighted by atomic mass is 16.6. The van der Waals surface area contributed by atoms with Crippen molar-refractivity contribution < 1.29 is 9.47 Å². The van der Waals surface area contributed by atoms with Crippen LogP contribution in [0.5, 0.6) is 0 Å². The minimum Gasteiger partial charge on any atom is -0.372 e. The van der Waals surface area contributed by atoms with E-state index in [1.165, 1.54) is 0 Å². The molecule has 72 valence electrons. The SMILES string of the molecule is CNCC1COC(CNC)CO1. The van der Waals surface area contributed by atoms with Crippen LogP contribution in [0.2, 0.25) is 0 Å². The van der Waals surface area contributed by atoms with Gasteiger partial charge in [-0.2, -0.15) is 0 Å². The smallest absolute Gasteiger partial charge is 0.0933 e. The van der Waals surface area contributed by atoms with E-state index < -0.39 is 0 Å². The largest absolute Gasteiger partial charge is 0.372 e. The first-order valence-corrected chi connectivity index (χ1v) is 4.39. The molecule has 2 unspecified atom stereocenters. The number of hydrogen-bond acceptors (Lipinski definition) is 4. The van der Waals surface area contributed by atoms with Crippen molar-refractivity contribution in [3.63, 3.8) is 0 Å². The van der Waals surface area contributed by atoms with Gasteiger partial charge in [-0.05, 0) is 14.1 Å². The molecule has 0 saturated carbocycles. The first-order chi connectivity index (χ1) is 5.86. The van der Waals surface area contributed by atoms with Gasteiger partial charge in [0.2, 0.25) is 0 Å². The second kappa shape index (κ2) is 5.48. The fraction of sp³-hybridized carbons (Fsp3) is 1.00. The fourth-order valence-electron chi connectivity index (χ4n) is 1.27. The Labute approximate surface area is 73.6 Å². The van der Waals surface area contributed by atoms with E-state index in [9.17, 15) is 0 Å². The molecule has 4 nitrogen and oxygen atoms in total. The zero-order valence-electron chi connectivity index (χ0n) is 7.80. The Morgan fingerprint density at radius 1 is 1.00 bits per heavy atom. The van der Waals surface area contributed by atoms with Crippen molar-refractivity contribution in [1.29, 1.82) is 0 Å². The van der Waals surface area contributed by atoms with Crippen molar-refractivity contribution >= 4 is 0 Å². The van der Waals surface area contributed by atoms with Crippen LogP contribution in [0, 0.1) is 0 Å². The van der Waals surface area contributed by atoms with Crippen LogP contribution in [0.25, 0.3) is 0 Å². The summed E-state index contributed by atoms with van der Waals surface area (Å²) >= 11 is 0. The second-order valence-corrected chi connectivity index (χ2v) is 3.03. The third-order valence-electron chi connectivity index (χ3n) is 1.90. The average molecular weight is 174 g/mol. The first-order valence-electron chi connectivity index (χ1n) is 4.39. The molecule has 1 fully saturated rings. The van der Waals surface area contributed by atoms with Crippen LogP contribution < -0.4 is 10.6 Å². The van der Waals surface area contributed by atoms with Crippen molar-refractivity contribution in [1.82, 2.24) is 10.6 Å². The van der Waals surface area contributed by atoms with Crippen molar-refractivity contribution in [2.45, 2.75) is 12.2 Å². The molecule has 2 N–H and O–H groups in total. The molecule has 1 aliphatic rings. The molecule has 4 heteroatoms. The summed E-state index contributed by atoms with van der Waals surface area (Å²) in [6, 6.07) is 0. The molecule has 0 aromatic carbocycles. The van der Waals surface area contributed by atoms with Gasteiger partial charge >= 0.3 is 0 Å². The summed E-state index contributed by atoms with van der Waals surface area (Å²) < 4.78 is 11.1. The predicted molar refractivity (Wildman–Crippen MR) is 47.3 cm³/mol. The predicted octanol–water partition coefficient (Wildman–Crippen LogP) is -0.791. The number of hydrogen-bond donors (Lipinski definition) is 2. The van der Waals surface area contributed by atoms with Gasteiger partial charge in [-0.15, -0.1) is 0 Å². The van der Waals surface area contributed by atoms with Crippen molar-refractivity contribution in [2.75, 3.05) is 40.4 Å². The summed E-state index contributed by atoms with van der Waals surface area (Å²) in [6.45, 7) is 3.14. The Balaban J connectivity index is 2.11. The number of nitrogens with one attached hydrogen (secondary N) is 2. The van der Waals surface area contributed by atoms with Crippen LogP contribution in [0.4, 0.5) is 0 Å². The van der Waals surface area contributed by atoms with E-state index >= 15 is 0 Å². The van der Waals surface area contributed by atoms with E-state index in [0.717, 1.165) is 13.1 Å². The Morgan fingerprint density at radius 2 is 1.42 bits per heavy atom. The lowest BCUT2D eigenvalue weighted by atomic mass is 10.3. The number of likely N-dealkylation sites (N-methyl/N-ethyl adjacent to an activating group) is 2. The highest BCUT2D eigenvalue weighted by molar-refractivity contribution is 4.70. The molecule has 0 spiro atoms. The normalized spacial score (nSPS) is 30.5. The van der Waals surface area contributed by atoms with Crippen LogP contribution >= 0.6 is 0 Å². The summed E-state index contributed by atoms with van der Waals surface area (Å²) in [5, 5.41) is 6.13. The summed E-state index contributed by atoms with van der Waals surface area (Å²) in [4.78, 5) is 0. The molecule has 0 bridgehead atoms. The molecule has 1 aliphatic heterocycles. The van der Waals surface area contributed by atoms with Gasteiger partial charge in [-0.1, -0.05) is 0 Å². The summed E-state index contributed by atoms with van der Waals surface area (Å²) in [6.07, 6.45) is 0.450. The molecule has 0 amide bonds. The van der Waals surface area contributed by atoms with Gasteiger partial charge in [-0.25, -0.2) is 0 Å². The van der Waals surface area contributed by atoms with Gasteiger partial charge in [0.1, 0.15) is 0 Å². The maximum absolute atomic E-state index is 5.56. The van der Waals surface area contributed by atoms with Gasteiger partial charge in [0.25, 0.3) is 0 Å². The van der Waals surface area contributed by atoms with E-state index in [1.54, 1.807) is 0 Å². The minimum absolute atomic E-state index is 0.225. The standard InChI is InChI=1S/C8H18N2O2/c1-9-3-7-5-12-8(4-10-2)6-11-7/h7-10H,3-6H2,1-2H3. The summed E-state index contributed by atoms with van der Waals surface area (Å²) in [5.41, 5.74) is 0. The number of rotatable bonds is 4. The Bertz CT molecular complexity index is 99.6. The Morgan fingerprint density at radius 3 is 1.67 bits per heavy atom. The van der Waals surface area contributed by atoms with E-state index in [1.807, 2.05) is 14.1 Å². The lowest BCUT2D eigenvalue weighted by Crippen LogP contribution is -2.43. The van der Waals surface area contributed by atoms with E-state index in [0.29, 0.717) is 13.2 Å². The Hall–Kier alpha value is -0.160. The molecular formula is C8H18N2O2. The summed E-state index contributed by atoms with van der Waals surface area (Å²) in [7, 11) is 3.84. The topological polar surface area (TPSA) is 42.5 Å². The summed E-state index contributed by atoms with van der Waals surface area (Å²) in [5.74, 6) is 0. The van der Waals surface area contributed by atoms with Gasteiger partial charge in [-0.3, -0.25) is 0 Å². The maximum atomic E-state index is 5.56. The van der Waals surface area contributed by atoms with E-state index in [4.69, 9.17) is 9.47 Å². The van der Waals surface area contributed by atoms with Crippen molar-refractivity contribution in [2.24, 2.45) is 0 Å². The monoisotopic (exact) mass is 174 g/mol. The van der Waals surface area contributed by atoms with Crippen LogP contribution in [0.3, 0.4) is 0 Å². The number of ether oxygens (including phenoxy) is 2. The highest BCUT2D eigenvalue weighted by Crippen LogP contribution is 2.05. The zero-order chi connectivity index (χ0) is 8.81. The van der Waals surface area contributed by atoms with Crippen LogP contribution in [-0.4, -0.2) is 52.6 Å². The fourth-order valence-corrected chi connectivity index (χ4v) is 1.27. The lowest BCUT2D eigenvalue weighted by Gasteiger charge is -2.29. The van der Waals surface area contributed by atoms with Gasteiger partial charge in [0, 0.05) is 13.1 Å². The average Bonchev–Trinajstić information content (AvgIpc) is 2.09. The molecule has 1 saturated heterocycles. The third kappa shape index (κ3) is 3.06. The van der Waals surface area contributed by atoms with Gasteiger partial charge < -0.3 is 20.1 Å². The van der Waals surface area contributed by atoms with Gasteiger partial charge in [0.15, 0.2) is 0 Å². The third-order valence-corrected chi connectivity index (χ3v) is 1.90. The Kier molecular flexibility index (Phi) is 4.53. The quantitative estimate of drug-likeness (QED) is 0.586. The van der Waals surface area contributed by atoms with Crippen LogP contribution in [0.15, 0.2) is 0 Å². The van der Waals surface area contributed by atoms with Crippen LogP contribution in [-0.2, 0) is 9.47 Å². The molecule has 2 atom stereocenters. The van der Waals surface area contributed by atoms with Crippen molar-refractivity contribution in [3.8, 4) is 0 Å². The molecule has 0 aromatic rings. The van der Waals surface area contributed by atoms with E-state index in [-0.39, 0.29) is 12.2 Å². The molecular weight excluding hydrogens is 156 g/mol. The zero-order valence-corrected chi connectivity index (χ0v) is 7.80. The highest BCUT2D eigenvalue weighted by Gasteiger charge is 2.20. The maximum Gasteiger partial charge on any atom is 0.0933 e. The lowest BCUT2D eigenvalue weighted by molar-refractivity contribution is -0.128. The van der Waals surface area contributed by atoms with Gasteiger partial charge in [0.05, 0.1) is 25.4 Å². The molecule has 1 rings (SSSR count). The van der Waals surface area contributed by atoms with E-state index in [2.05, 4.69) is 10.6 Å². The molecule has 1 heterocycles. The first kappa shape index (κ1) is 9.92. The minimum atomic E-state index is 0.225. The van der Waals surface area contributed by atoms with Crippen LogP contribution in [0.1, 0.15) is 0 Å². The second-order valence-electron chi connectivity index (χ2n) is 3.03. The molecule has 0 aromatic heterocycles. The molecule has 0 radical (unpaired) electrons. The molecule has 0 aliphatic carbocycles. The van der Waals surface area contributed by atoms with Crippen molar-refractivity contribution in [3.05, 3.63) is 0 Å². The molecule has 12 heavy (non-hydrogen) atoms.